The molecule has 2 aromatic carbocycles. The molecule has 0 fully saturated rings. The summed E-state index contributed by atoms with van der Waals surface area (Å²) in [5.41, 5.74) is 1.59. The summed E-state index contributed by atoms with van der Waals surface area (Å²) in [6.45, 7) is 1.55. The molecule has 0 saturated carbocycles. The molecule has 0 heterocycles. The van der Waals surface area contributed by atoms with E-state index in [4.69, 9.17) is 11.6 Å². The molecule has 122 valence electrons. The Kier molecular flexibility index (Phi) is 5.46. The van der Waals surface area contributed by atoms with Crippen molar-refractivity contribution in [1.29, 1.82) is 0 Å². The van der Waals surface area contributed by atoms with Crippen molar-refractivity contribution in [3.8, 4) is 0 Å². The van der Waals surface area contributed by atoms with Crippen molar-refractivity contribution in [2.75, 3.05) is 21.1 Å². The molecule has 0 bridgehead atoms. The van der Waals surface area contributed by atoms with Crippen molar-refractivity contribution >= 4 is 44.7 Å². The molecule has 6 nitrogen and oxygen atoms in total. The molecule has 0 aliphatic heterocycles. The van der Waals surface area contributed by atoms with Gasteiger partial charge in [-0.3, -0.25) is 4.72 Å². The first-order chi connectivity index (χ1) is 10.9. The summed E-state index contributed by atoms with van der Waals surface area (Å²) in [4.78, 5) is 11.9. The number of hydrogen-bond donors (Lipinski definition) is 3. The molecule has 0 unspecified atom stereocenters. The van der Waals surface area contributed by atoms with Crippen LogP contribution in [0.25, 0.3) is 0 Å². The Morgan fingerprint density at radius 2 is 1.35 bits per heavy atom. The summed E-state index contributed by atoms with van der Waals surface area (Å²) in [5.74, 6) is -0.00347. The van der Waals surface area contributed by atoms with Crippen LogP contribution in [0.5, 0.6) is 0 Å². The summed E-state index contributed by atoms with van der Waals surface area (Å²) in [6.07, 6.45) is 0. The molecule has 2 aromatic rings. The number of urea groups is 1. The maximum atomic E-state index is 11.9. The van der Waals surface area contributed by atoms with E-state index in [9.17, 15) is 13.2 Å². The van der Waals surface area contributed by atoms with Crippen molar-refractivity contribution < 1.29 is 13.2 Å². The van der Waals surface area contributed by atoms with E-state index in [0.29, 0.717) is 22.1 Å². The molecule has 0 radical (unpaired) electrons. The molecule has 2 amide bonds. The largest absolute Gasteiger partial charge is 0.323 e. The van der Waals surface area contributed by atoms with Crippen LogP contribution in [0.15, 0.2) is 48.5 Å². The highest BCUT2D eigenvalue weighted by atomic mass is 35.5. The van der Waals surface area contributed by atoms with Crippen LogP contribution < -0.4 is 15.4 Å². The third-order valence-electron chi connectivity index (χ3n) is 2.90. The molecular weight excluding hydrogens is 338 g/mol. The van der Waals surface area contributed by atoms with Gasteiger partial charge in [0.15, 0.2) is 0 Å². The van der Waals surface area contributed by atoms with Crippen molar-refractivity contribution in [1.82, 2.24) is 0 Å². The van der Waals surface area contributed by atoms with E-state index in [-0.39, 0.29) is 5.75 Å². The Labute approximate surface area is 139 Å². The highest BCUT2D eigenvalue weighted by Crippen LogP contribution is 2.16. The fourth-order valence-electron chi connectivity index (χ4n) is 1.70. The number of carbonyl (C=O) groups excluding carboxylic acids is 1. The first-order valence-electron chi connectivity index (χ1n) is 6.82. The SMILES string of the molecule is CCS(=O)(=O)Nc1ccc(NC(=O)Nc2ccc(Cl)cc2)cc1. The molecule has 8 heteroatoms. The average Bonchev–Trinajstić information content (AvgIpc) is 2.51. The summed E-state index contributed by atoms with van der Waals surface area (Å²) in [6, 6.07) is 12.7. The molecule has 0 aliphatic rings. The Balaban J connectivity index is 1.95. The summed E-state index contributed by atoms with van der Waals surface area (Å²) in [7, 11) is -3.31. The van der Waals surface area contributed by atoms with E-state index < -0.39 is 16.1 Å². The van der Waals surface area contributed by atoms with E-state index in [2.05, 4.69) is 15.4 Å². The Morgan fingerprint density at radius 1 is 0.913 bits per heavy atom. The molecule has 0 saturated heterocycles. The van der Waals surface area contributed by atoms with Crippen LogP contribution in [-0.4, -0.2) is 20.2 Å². The van der Waals surface area contributed by atoms with Gasteiger partial charge < -0.3 is 10.6 Å². The second-order valence-corrected chi connectivity index (χ2v) is 7.12. The van der Waals surface area contributed by atoms with E-state index in [1.165, 1.54) is 0 Å². The maximum Gasteiger partial charge on any atom is 0.323 e. The molecular formula is C15H16ClN3O3S. The first-order valence-corrected chi connectivity index (χ1v) is 8.85. The topological polar surface area (TPSA) is 87.3 Å². The normalized spacial score (nSPS) is 10.9. The fourth-order valence-corrected chi connectivity index (χ4v) is 2.47. The minimum absolute atomic E-state index is 0.00347. The molecule has 0 aliphatic carbocycles. The molecule has 2 rings (SSSR count). The zero-order chi connectivity index (χ0) is 16.9. The van der Waals surface area contributed by atoms with Crippen molar-refractivity contribution in [2.24, 2.45) is 0 Å². The number of anilines is 3. The van der Waals surface area contributed by atoms with Gasteiger partial charge in [-0.2, -0.15) is 0 Å². The quantitative estimate of drug-likeness (QED) is 0.765. The standard InChI is InChI=1S/C15H16ClN3O3S/c1-2-23(21,22)19-14-9-7-13(8-10-14)18-15(20)17-12-5-3-11(16)4-6-12/h3-10,19H,2H2,1H3,(H2,17,18,20). The number of benzene rings is 2. The van der Waals surface area contributed by atoms with Gasteiger partial charge in [-0.1, -0.05) is 11.6 Å². The third kappa shape index (κ3) is 5.46. The Hall–Kier alpha value is -2.25. The van der Waals surface area contributed by atoms with Gasteiger partial charge in [0, 0.05) is 22.1 Å². The fraction of sp³-hybridized carbons (Fsp3) is 0.133. The minimum atomic E-state index is -3.31. The average molecular weight is 354 g/mol. The van der Waals surface area contributed by atoms with Gasteiger partial charge >= 0.3 is 6.03 Å². The smallest absolute Gasteiger partial charge is 0.308 e. The maximum absolute atomic E-state index is 11.9. The number of rotatable bonds is 5. The van der Waals surface area contributed by atoms with Gasteiger partial charge in [0.1, 0.15) is 0 Å². The summed E-state index contributed by atoms with van der Waals surface area (Å²) in [5, 5.41) is 5.89. The molecule has 0 spiro atoms. The lowest BCUT2D eigenvalue weighted by Crippen LogP contribution is -2.19. The minimum Gasteiger partial charge on any atom is -0.308 e. The van der Waals surface area contributed by atoms with Gasteiger partial charge in [-0.05, 0) is 55.5 Å². The lowest BCUT2D eigenvalue weighted by atomic mass is 10.3. The van der Waals surface area contributed by atoms with Crippen molar-refractivity contribution in [3.05, 3.63) is 53.6 Å². The Bertz CT molecular complexity index is 775. The van der Waals surface area contributed by atoms with E-state index in [1.54, 1.807) is 55.5 Å². The molecule has 0 aromatic heterocycles. The highest BCUT2D eigenvalue weighted by Gasteiger charge is 2.07. The summed E-state index contributed by atoms with van der Waals surface area (Å²) < 4.78 is 25.3. The van der Waals surface area contributed by atoms with Gasteiger partial charge in [0.05, 0.1) is 5.75 Å². The van der Waals surface area contributed by atoms with E-state index >= 15 is 0 Å². The second-order valence-electron chi connectivity index (χ2n) is 4.67. The van der Waals surface area contributed by atoms with Gasteiger partial charge in [0.2, 0.25) is 10.0 Å². The van der Waals surface area contributed by atoms with Crippen LogP contribution in [0.1, 0.15) is 6.92 Å². The molecule has 3 N–H and O–H groups in total. The number of hydrogen-bond acceptors (Lipinski definition) is 3. The van der Waals surface area contributed by atoms with Crippen LogP contribution in [0.3, 0.4) is 0 Å². The van der Waals surface area contributed by atoms with Gasteiger partial charge in [-0.25, -0.2) is 13.2 Å². The van der Waals surface area contributed by atoms with Crippen LogP contribution >= 0.6 is 11.6 Å². The number of nitrogens with one attached hydrogen (secondary N) is 3. The Morgan fingerprint density at radius 3 is 1.83 bits per heavy atom. The van der Waals surface area contributed by atoms with Crippen LogP contribution in [-0.2, 0) is 10.0 Å². The van der Waals surface area contributed by atoms with Gasteiger partial charge in [-0.15, -0.1) is 0 Å². The van der Waals surface area contributed by atoms with E-state index in [1.807, 2.05) is 0 Å². The zero-order valence-electron chi connectivity index (χ0n) is 12.3. The van der Waals surface area contributed by atoms with Crippen LogP contribution in [0.4, 0.5) is 21.9 Å². The second kappa shape index (κ2) is 7.34. The summed E-state index contributed by atoms with van der Waals surface area (Å²) >= 11 is 5.77. The number of carbonyl (C=O) groups is 1. The van der Waals surface area contributed by atoms with Gasteiger partial charge in [0.25, 0.3) is 0 Å². The number of amides is 2. The van der Waals surface area contributed by atoms with Crippen molar-refractivity contribution in [3.63, 3.8) is 0 Å². The van der Waals surface area contributed by atoms with Crippen LogP contribution in [0, 0.1) is 0 Å². The van der Waals surface area contributed by atoms with E-state index in [0.717, 1.165) is 0 Å². The predicted molar refractivity (Wildman–Crippen MR) is 93.6 cm³/mol. The van der Waals surface area contributed by atoms with Crippen molar-refractivity contribution in [2.45, 2.75) is 6.92 Å². The number of halogens is 1. The molecule has 23 heavy (non-hydrogen) atoms. The molecule has 0 atom stereocenters. The van der Waals surface area contributed by atoms with Crippen LogP contribution in [0.2, 0.25) is 5.02 Å². The monoisotopic (exact) mass is 353 g/mol. The zero-order valence-corrected chi connectivity index (χ0v) is 13.9. The lowest BCUT2D eigenvalue weighted by Gasteiger charge is -2.09. The number of sulfonamides is 1. The first kappa shape index (κ1) is 17.1. The predicted octanol–water partition coefficient (Wildman–Crippen LogP) is 3.75. The lowest BCUT2D eigenvalue weighted by molar-refractivity contribution is 0.262. The third-order valence-corrected chi connectivity index (χ3v) is 4.46. The highest BCUT2D eigenvalue weighted by molar-refractivity contribution is 7.92.